The van der Waals surface area contributed by atoms with E-state index in [1.54, 1.807) is 21.3 Å². The number of benzene rings is 1. The Hall–Kier alpha value is -1.75. The predicted octanol–water partition coefficient (Wildman–Crippen LogP) is 2.71. The fourth-order valence-electron chi connectivity index (χ4n) is 3.65. The lowest BCUT2D eigenvalue weighted by Crippen LogP contribution is -2.48. The first-order valence-corrected chi connectivity index (χ1v) is 8.75. The highest BCUT2D eigenvalue weighted by Crippen LogP contribution is 2.44. The average Bonchev–Trinajstić information content (AvgIpc) is 3.08. The summed E-state index contributed by atoms with van der Waals surface area (Å²) in [6, 6.07) is 8.61. The van der Waals surface area contributed by atoms with E-state index in [0.29, 0.717) is 6.61 Å². The molecule has 2 N–H and O–H groups in total. The van der Waals surface area contributed by atoms with Crippen LogP contribution in [0.2, 0.25) is 0 Å². The van der Waals surface area contributed by atoms with E-state index in [4.69, 9.17) is 9.47 Å². The molecule has 0 aromatic heterocycles. The maximum atomic E-state index is 5.62. The summed E-state index contributed by atoms with van der Waals surface area (Å²) < 4.78 is 10.8. The molecular formula is C19H31N3O2. The van der Waals surface area contributed by atoms with Gasteiger partial charge >= 0.3 is 0 Å². The Balaban J connectivity index is 2.11. The number of ether oxygens (including phenoxy) is 2. The van der Waals surface area contributed by atoms with Crippen LogP contribution in [0.1, 0.15) is 38.2 Å². The first-order chi connectivity index (χ1) is 11.6. The van der Waals surface area contributed by atoms with Crippen LogP contribution in [-0.2, 0) is 10.2 Å². The van der Waals surface area contributed by atoms with Crippen LogP contribution in [0, 0.1) is 0 Å². The lowest BCUT2D eigenvalue weighted by atomic mass is 9.78. The monoisotopic (exact) mass is 333 g/mol. The van der Waals surface area contributed by atoms with Gasteiger partial charge in [0.15, 0.2) is 5.96 Å². The molecule has 0 radical (unpaired) electrons. The van der Waals surface area contributed by atoms with Crippen molar-refractivity contribution in [2.24, 2.45) is 4.99 Å². The number of nitrogens with one attached hydrogen (secondary N) is 2. The van der Waals surface area contributed by atoms with Crippen molar-refractivity contribution in [1.82, 2.24) is 10.6 Å². The molecule has 0 saturated heterocycles. The van der Waals surface area contributed by atoms with Crippen LogP contribution in [0.3, 0.4) is 0 Å². The van der Waals surface area contributed by atoms with Crippen LogP contribution < -0.4 is 15.4 Å². The second kappa shape index (κ2) is 8.92. The van der Waals surface area contributed by atoms with E-state index < -0.39 is 0 Å². The minimum absolute atomic E-state index is 0.106. The van der Waals surface area contributed by atoms with E-state index in [9.17, 15) is 0 Å². The van der Waals surface area contributed by atoms with Gasteiger partial charge in [-0.25, -0.2) is 0 Å². The highest BCUT2D eigenvalue weighted by atomic mass is 16.5. The zero-order chi connectivity index (χ0) is 17.4. The second-order valence-corrected chi connectivity index (χ2v) is 6.61. The molecule has 1 unspecified atom stereocenters. The number of para-hydroxylation sites is 1. The zero-order valence-electron chi connectivity index (χ0n) is 15.4. The van der Waals surface area contributed by atoms with Gasteiger partial charge < -0.3 is 20.1 Å². The van der Waals surface area contributed by atoms with Gasteiger partial charge in [0.05, 0.1) is 13.7 Å². The van der Waals surface area contributed by atoms with Crippen LogP contribution in [-0.4, -0.2) is 46.4 Å². The van der Waals surface area contributed by atoms with Crippen LogP contribution in [0.4, 0.5) is 0 Å². The SMILES string of the molecule is CN=C(NCC1(c2ccccc2OC)CCCC1)NC(C)COC. The van der Waals surface area contributed by atoms with Crippen molar-refractivity contribution in [3.8, 4) is 5.75 Å². The molecule has 134 valence electrons. The molecule has 0 heterocycles. The Labute approximate surface area is 145 Å². The highest BCUT2D eigenvalue weighted by molar-refractivity contribution is 5.80. The number of rotatable bonds is 7. The summed E-state index contributed by atoms with van der Waals surface area (Å²) in [5.41, 5.74) is 1.41. The fourth-order valence-corrected chi connectivity index (χ4v) is 3.65. The van der Waals surface area contributed by atoms with Gasteiger partial charge in [-0.2, -0.15) is 0 Å². The minimum Gasteiger partial charge on any atom is -0.496 e. The van der Waals surface area contributed by atoms with Gasteiger partial charge in [0.25, 0.3) is 0 Å². The number of hydrogen-bond acceptors (Lipinski definition) is 3. The first kappa shape index (κ1) is 18.6. The molecule has 0 bridgehead atoms. The third-order valence-corrected chi connectivity index (χ3v) is 4.86. The summed E-state index contributed by atoms with van der Waals surface area (Å²) in [6.07, 6.45) is 4.85. The number of guanidine groups is 1. The second-order valence-electron chi connectivity index (χ2n) is 6.61. The molecule has 1 aliphatic rings. The first-order valence-electron chi connectivity index (χ1n) is 8.75. The molecule has 0 spiro atoms. The van der Waals surface area contributed by atoms with Crippen molar-refractivity contribution in [3.05, 3.63) is 29.8 Å². The Morgan fingerprint density at radius 1 is 1.25 bits per heavy atom. The van der Waals surface area contributed by atoms with E-state index in [1.807, 2.05) is 6.07 Å². The number of methoxy groups -OCH3 is 2. The summed E-state index contributed by atoms with van der Waals surface area (Å²) in [6.45, 7) is 3.59. The maximum Gasteiger partial charge on any atom is 0.191 e. The molecule has 2 rings (SSSR count). The van der Waals surface area contributed by atoms with E-state index in [-0.39, 0.29) is 11.5 Å². The standard InChI is InChI=1S/C19H31N3O2/c1-15(13-23-3)22-18(20-2)21-14-19(11-7-8-12-19)16-9-5-6-10-17(16)24-4/h5-6,9-10,15H,7-8,11-14H2,1-4H3,(H2,20,21,22). The summed E-state index contributed by atoms with van der Waals surface area (Å²) in [7, 11) is 5.27. The molecule has 5 nitrogen and oxygen atoms in total. The third kappa shape index (κ3) is 4.41. The van der Waals surface area contributed by atoms with E-state index in [2.05, 4.69) is 40.7 Å². The Bertz CT molecular complexity index is 539. The maximum absolute atomic E-state index is 5.62. The molecule has 1 saturated carbocycles. The Kier molecular flexibility index (Phi) is 6.91. The molecular weight excluding hydrogens is 302 g/mol. The predicted molar refractivity (Wildman–Crippen MR) is 99.0 cm³/mol. The van der Waals surface area contributed by atoms with Gasteiger partial charge in [-0.05, 0) is 25.8 Å². The van der Waals surface area contributed by atoms with Crippen LogP contribution in [0.25, 0.3) is 0 Å². The quantitative estimate of drug-likeness (QED) is 0.595. The Morgan fingerprint density at radius 2 is 1.96 bits per heavy atom. The van der Waals surface area contributed by atoms with Gasteiger partial charge in [-0.3, -0.25) is 4.99 Å². The summed E-state index contributed by atoms with van der Waals surface area (Å²) in [4.78, 5) is 4.35. The lowest BCUT2D eigenvalue weighted by molar-refractivity contribution is 0.179. The molecule has 1 fully saturated rings. The van der Waals surface area contributed by atoms with Gasteiger partial charge in [0, 0.05) is 37.7 Å². The van der Waals surface area contributed by atoms with Crippen LogP contribution in [0.5, 0.6) is 5.75 Å². The van der Waals surface area contributed by atoms with Crippen molar-refractivity contribution >= 4 is 5.96 Å². The smallest absolute Gasteiger partial charge is 0.191 e. The number of hydrogen-bond donors (Lipinski definition) is 2. The van der Waals surface area contributed by atoms with E-state index in [0.717, 1.165) is 18.3 Å². The van der Waals surface area contributed by atoms with Crippen LogP contribution >= 0.6 is 0 Å². The zero-order valence-corrected chi connectivity index (χ0v) is 15.4. The summed E-state index contributed by atoms with van der Waals surface area (Å²) in [5.74, 6) is 1.80. The van der Waals surface area contributed by atoms with Crippen molar-refractivity contribution in [2.75, 3.05) is 34.4 Å². The average molecular weight is 333 g/mol. The highest BCUT2D eigenvalue weighted by Gasteiger charge is 2.37. The molecule has 0 aliphatic heterocycles. The molecule has 1 aromatic carbocycles. The van der Waals surface area contributed by atoms with Gasteiger partial charge in [-0.15, -0.1) is 0 Å². The topological polar surface area (TPSA) is 54.9 Å². The van der Waals surface area contributed by atoms with Crippen molar-refractivity contribution < 1.29 is 9.47 Å². The molecule has 24 heavy (non-hydrogen) atoms. The lowest BCUT2D eigenvalue weighted by Gasteiger charge is -2.32. The molecule has 0 amide bonds. The number of nitrogens with zero attached hydrogens (tertiary/aromatic N) is 1. The fraction of sp³-hybridized carbons (Fsp3) is 0.632. The van der Waals surface area contributed by atoms with Gasteiger partial charge in [0.1, 0.15) is 5.75 Å². The molecule has 1 aromatic rings. The minimum atomic E-state index is 0.106. The molecule has 1 aliphatic carbocycles. The van der Waals surface area contributed by atoms with Crippen molar-refractivity contribution in [2.45, 2.75) is 44.1 Å². The molecule has 1 atom stereocenters. The Morgan fingerprint density at radius 3 is 2.58 bits per heavy atom. The molecule has 5 heteroatoms. The van der Waals surface area contributed by atoms with E-state index in [1.165, 1.54) is 31.2 Å². The van der Waals surface area contributed by atoms with Gasteiger partial charge in [0.2, 0.25) is 0 Å². The van der Waals surface area contributed by atoms with Crippen LogP contribution in [0.15, 0.2) is 29.3 Å². The van der Waals surface area contributed by atoms with Gasteiger partial charge in [-0.1, -0.05) is 31.0 Å². The van der Waals surface area contributed by atoms with Crippen molar-refractivity contribution in [1.29, 1.82) is 0 Å². The largest absolute Gasteiger partial charge is 0.496 e. The van der Waals surface area contributed by atoms with Crippen molar-refractivity contribution in [3.63, 3.8) is 0 Å². The summed E-state index contributed by atoms with van der Waals surface area (Å²) in [5, 5.41) is 6.89. The normalized spacial score (nSPS) is 18.2. The third-order valence-electron chi connectivity index (χ3n) is 4.86. The number of aliphatic imine (C=N–C) groups is 1. The summed E-state index contributed by atoms with van der Waals surface area (Å²) >= 11 is 0. The van der Waals surface area contributed by atoms with E-state index >= 15 is 0 Å².